The SMILES string of the molecule is Cc1ccc(NC(=O)c2ccc(C)c(S(C)(=O)=O)c2)cc1Nc1nccc(-c2cccnc2)n1. The summed E-state index contributed by atoms with van der Waals surface area (Å²) in [6.45, 7) is 3.62. The molecule has 34 heavy (non-hydrogen) atoms. The zero-order valence-electron chi connectivity index (χ0n) is 18.9. The van der Waals surface area contributed by atoms with Gasteiger partial charge in [0.25, 0.3) is 5.91 Å². The summed E-state index contributed by atoms with van der Waals surface area (Å²) in [5.74, 6) is -0.00112. The largest absolute Gasteiger partial charge is 0.324 e. The van der Waals surface area contributed by atoms with Crippen molar-refractivity contribution in [1.82, 2.24) is 15.0 Å². The first-order chi connectivity index (χ1) is 16.2. The summed E-state index contributed by atoms with van der Waals surface area (Å²) in [4.78, 5) is 25.9. The van der Waals surface area contributed by atoms with Crippen molar-refractivity contribution < 1.29 is 13.2 Å². The minimum absolute atomic E-state index is 0.136. The van der Waals surface area contributed by atoms with Crippen molar-refractivity contribution in [1.29, 1.82) is 0 Å². The number of anilines is 3. The molecule has 4 aromatic rings. The van der Waals surface area contributed by atoms with Crippen LogP contribution in [-0.2, 0) is 9.84 Å². The van der Waals surface area contributed by atoms with Gasteiger partial charge in [-0.2, -0.15) is 0 Å². The standard InChI is InChI=1S/C25H23N5O3S/c1-16-7-9-20(28-24(31)18-8-6-17(2)23(13-18)34(3,32)33)14-22(16)30-25-27-12-10-21(29-25)19-5-4-11-26-15-19/h4-15H,1-3H3,(H,28,31)(H,27,29,30). The van der Waals surface area contributed by atoms with Crippen LogP contribution in [0.4, 0.5) is 17.3 Å². The van der Waals surface area contributed by atoms with Gasteiger partial charge in [-0.15, -0.1) is 0 Å². The molecule has 2 N–H and O–H groups in total. The van der Waals surface area contributed by atoms with Crippen molar-refractivity contribution in [3.05, 3.63) is 89.9 Å². The third-order valence-corrected chi connectivity index (χ3v) is 6.44. The number of rotatable bonds is 6. The lowest BCUT2D eigenvalue weighted by Crippen LogP contribution is -2.13. The number of carbonyl (C=O) groups is 1. The minimum Gasteiger partial charge on any atom is -0.324 e. The number of hydrogen-bond acceptors (Lipinski definition) is 7. The number of sulfone groups is 1. The van der Waals surface area contributed by atoms with E-state index in [-0.39, 0.29) is 10.5 Å². The highest BCUT2D eigenvalue weighted by molar-refractivity contribution is 7.90. The van der Waals surface area contributed by atoms with Crippen LogP contribution in [0.15, 0.2) is 78.1 Å². The number of amides is 1. The quantitative estimate of drug-likeness (QED) is 0.422. The van der Waals surface area contributed by atoms with Crippen LogP contribution in [0.3, 0.4) is 0 Å². The van der Waals surface area contributed by atoms with Gasteiger partial charge >= 0.3 is 0 Å². The van der Waals surface area contributed by atoms with Gasteiger partial charge in [-0.3, -0.25) is 9.78 Å². The van der Waals surface area contributed by atoms with Crippen molar-refractivity contribution in [3.8, 4) is 11.3 Å². The average Bonchev–Trinajstić information content (AvgIpc) is 2.81. The van der Waals surface area contributed by atoms with Crippen LogP contribution in [-0.4, -0.2) is 35.5 Å². The molecule has 172 valence electrons. The van der Waals surface area contributed by atoms with Gasteiger partial charge in [0.05, 0.1) is 10.6 Å². The predicted octanol–water partition coefficient (Wildman–Crippen LogP) is 4.55. The molecule has 0 aliphatic rings. The Morgan fingerprint density at radius 3 is 2.47 bits per heavy atom. The monoisotopic (exact) mass is 473 g/mol. The maximum atomic E-state index is 12.8. The number of nitrogens with zero attached hydrogens (tertiary/aromatic N) is 3. The number of hydrogen-bond donors (Lipinski definition) is 2. The summed E-state index contributed by atoms with van der Waals surface area (Å²) in [7, 11) is -3.44. The van der Waals surface area contributed by atoms with E-state index >= 15 is 0 Å². The first kappa shape index (κ1) is 23.1. The summed E-state index contributed by atoms with van der Waals surface area (Å²) in [6.07, 6.45) is 6.22. The highest BCUT2D eigenvalue weighted by Gasteiger charge is 2.15. The summed E-state index contributed by atoms with van der Waals surface area (Å²) in [5, 5.41) is 6.02. The van der Waals surface area contributed by atoms with Crippen LogP contribution in [0.2, 0.25) is 0 Å². The van der Waals surface area contributed by atoms with Gasteiger partial charge in [-0.25, -0.2) is 18.4 Å². The van der Waals surface area contributed by atoms with Gasteiger partial charge < -0.3 is 10.6 Å². The van der Waals surface area contributed by atoms with Gasteiger partial charge in [-0.1, -0.05) is 12.1 Å². The lowest BCUT2D eigenvalue weighted by molar-refractivity contribution is 0.102. The topological polar surface area (TPSA) is 114 Å². The van der Waals surface area contributed by atoms with E-state index in [1.165, 1.54) is 6.07 Å². The molecule has 0 bridgehead atoms. The molecule has 0 unspecified atom stereocenters. The molecule has 2 aromatic carbocycles. The fraction of sp³-hybridized carbons (Fsp3) is 0.120. The molecule has 0 atom stereocenters. The maximum absolute atomic E-state index is 12.8. The third kappa shape index (κ3) is 5.26. The van der Waals surface area contributed by atoms with E-state index in [9.17, 15) is 13.2 Å². The second-order valence-electron chi connectivity index (χ2n) is 7.87. The molecule has 0 fully saturated rings. The fourth-order valence-corrected chi connectivity index (χ4v) is 4.39. The molecular formula is C25H23N5O3S. The highest BCUT2D eigenvalue weighted by atomic mass is 32.2. The van der Waals surface area contributed by atoms with Gasteiger partial charge in [-0.05, 0) is 67.4 Å². The Balaban J connectivity index is 1.56. The van der Waals surface area contributed by atoms with Crippen molar-refractivity contribution >= 4 is 33.1 Å². The minimum atomic E-state index is -3.44. The van der Waals surface area contributed by atoms with Crippen LogP contribution in [0, 0.1) is 13.8 Å². The van der Waals surface area contributed by atoms with Crippen molar-refractivity contribution in [2.45, 2.75) is 18.7 Å². The first-order valence-electron chi connectivity index (χ1n) is 10.4. The number of benzene rings is 2. The number of aryl methyl sites for hydroxylation is 2. The molecule has 0 spiro atoms. The number of aromatic nitrogens is 3. The Bertz CT molecular complexity index is 1470. The summed E-state index contributed by atoms with van der Waals surface area (Å²) >= 11 is 0. The number of nitrogens with one attached hydrogen (secondary N) is 2. The van der Waals surface area contributed by atoms with Crippen molar-refractivity contribution in [2.24, 2.45) is 0 Å². The molecule has 0 saturated heterocycles. The lowest BCUT2D eigenvalue weighted by Gasteiger charge is -2.13. The molecule has 0 aliphatic heterocycles. The zero-order valence-corrected chi connectivity index (χ0v) is 19.7. The number of carbonyl (C=O) groups excluding carboxylic acids is 1. The molecule has 0 radical (unpaired) electrons. The maximum Gasteiger partial charge on any atom is 0.255 e. The second-order valence-corrected chi connectivity index (χ2v) is 9.85. The smallest absolute Gasteiger partial charge is 0.255 e. The fourth-order valence-electron chi connectivity index (χ4n) is 3.39. The molecule has 1 amide bonds. The Morgan fingerprint density at radius 2 is 1.74 bits per heavy atom. The Morgan fingerprint density at radius 1 is 0.941 bits per heavy atom. The molecule has 2 aromatic heterocycles. The van der Waals surface area contributed by atoms with Crippen LogP contribution >= 0.6 is 0 Å². The van der Waals surface area contributed by atoms with E-state index in [4.69, 9.17) is 0 Å². The van der Waals surface area contributed by atoms with E-state index < -0.39 is 15.7 Å². The summed E-state index contributed by atoms with van der Waals surface area (Å²) < 4.78 is 24.0. The summed E-state index contributed by atoms with van der Waals surface area (Å²) in [6, 6.07) is 15.6. The van der Waals surface area contributed by atoms with E-state index in [0.29, 0.717) is 17.2 Å². The Kier molecular flexibility index (Phi) is 6.38. The molecule has 2 heterocycles. The van der Waals surface area contributed by atoms with E-state index in [2.05, 4.69) is 25.6 Å². The molecule has 0 aliphatic carbocycles. The normalized spacial score (nSPS) is 11.1. The van der Waals surface area contributed by atoms with Crippen LogP contribution in [0.5, 0.6) is 0 Å². The summed E-state index contributed by atoms with van der Waals surface area (Å²) in [5.41, 5.74) is 4.65. The van der Waals surface area contributed by atoms with Gasteiger partial charge in [0.2, 0.25) is 5.95 Å². The van der Waals surface area contributed by atoms with Gasteiger partial charge in [0, 0.05) is 47.3 Å². The molecule has 9 heteroatoms. The average molecular weight is 474 g/mol. The third-order valence-electron chi connectivity index (χ3n) is 5.20. The number of pyridine rings is 1. The zero-order chi connectivity index (χ0) is 24.3. The molecule has 4 rings (SSSR count). The van der Waals surface area contributed by atoms with Crippen LogP contribution in [0.1, 0.15) is 21.5 Å². The van der Waals surface area contributed by atoms with Gasteiger partial charge in [0.15, 0.2) is 9.84 Å². The van der Waals surface area contributed by atoms with Crippen molar-refractivity contribution in [3.63, 3.8) is 0 Å². The first-order valence-corrected chi connectivity index (χ1v) is 12.3. The van der Waals surface area contributed by atoms with Crippen LogP contribution in [0.25, 0.3) is 11.3 Å². The Labute approximate surface area is 198 Å². The Hall–Kier alpha value is -4.11. The molecule has 0 saturated carbocycles. The lowest BCUT2D eigenvalue weighted by atomic mass is 10.1. The second kappa shape index (κ2) is 9.40. The predicted molar refractivity (Wildman–Crippen MR) is 132 cm³/mol. The van der Waals surface area contributed by atoms with E-state index in [1.807, 2.05) is 25.1 Å². The van der Waals surface area contributed by atoms with E-state index in [1.54, 1.807) is 55.8 Å². The van der Waals surface area contributed by atoms with Crippen LogP contribution < -0.4 is 10.6 Å². The van der Waals surface area contributed by atoms with E-state index in [0.717, 1.165) is 28.8 Å². The molecule has 8 nitrogen and oxygen atoms in total. The van der Waals surface area contributed by atoms with Crippen molar-refractivity contribution in [2.75, 3.05) is 16.9 Å². The molecular weight excluding hydrogens is 450 g/mol. The van der Waals surface area contributed by atoms with Gasteiger partial charge in [0.1, 0.15) is 0 Å². The highest BCUT2D eigenvalue weighted by Crippen LogP contribution is 2.25.